The zero-order valence-electron chi connectivity index (χ0n) is 13.5. The fourth-order valence-corrected chi connectivity index (χ4v) is 3.11. The van der Waals surface area contributed by atoms with Crippen molar-refractivity contribution in [1.29, 1.82) is 5.26 Å². The Bertz CT molecular complexity index is 967. The van der Waals surface area contributed by atoms with Crippen molar-refractivity contribution in [2.75, 3.05) is 12.4 Å². The summed E-state index contributed by atoms with van der Waals surface area (Å²) in [6.45, 7) is 0.559. The minimum Gasteiger partial charge on any atom is -0.495 e. The molecule has 2 aromatic carbocycles. The van der Waals surface area contributed by atoms with Crippen LogP contribution in [-0.4, -0.2) is 12.1 Å². The average molecular weight is 372 g/mol. The number of benzene rings is 2. The summed E-state index contributed by atoms with van der Waals surface area (Å²) in [5, 5.41) is 14.0. The third-order valence-corrected chi connectivity index (χ3v) is 4.49. The number of pyridine rings is 1. The standard InChI is InChI=1S/C19H15Cl2N3O/c1-25-18-5-3-13(7-16(18)21)10-24-19-14(8-20)11-23-17-4-2-12(9-22)6-15(17)19/h2-7,11H,8,10H2,1H3,(H,23,24). The van der Waals surface area contributed by atoms with E-state index in [1.54, 1.807) is 19.4 Å². The Labute approximate surface area is 156 Å². The monoisotopic (exact) mass is 371 g/mol. The van der Waals surface area contributed by atoms with Crippen LogP contribution in [0.3, 0.4) is 0 Å². The number of fused-ring (bicyclic) bond motifs is 1. The normalized spacial score (nSPS) is 10.5. The van der Waals surface area contributed by atoms with E-state index in [2.05, 4.69) is 16.4 Å². The lowest BCUT2D eigenvalue weighted by Gasteiger charge is -2.14. The first-order chi connectivity index (χ1) is 12.2. The molecule has 1 heterocycles. The van der Waals surface area contributed by atoms with E-state index in [1.807, 2.05) is 30.3 Å². The van der Waals surface area contributed by atoms with E-state index in [1.165, 1.54) is 0 Å². The van der Waals surface area contributed by atoms with Crippen LogP contribution in [0.15, 0.2) is 42.6 Å². The van der Waals surface area contributed by atoms with E-state index in [4.69, 9.17) is 33.2 Å². The fourth-order valence-electron chi connectivity index (χ4n) is 2.62. The molecule has 25 heavy (non-hydrogen) atoms. The number of rotatable bonds is 5. The summed E-state index contributed by atoms with van der Waals surface area (Å²) in [7, 11) is 1.59. The van der Waals surface area contributed by atoms with E-state index >= 15 is 0 Å². The molecule has 0 saturated heterocycles. The topological polar surface area (TPSA) is 57.9 Å². The van der Waals surface area contributed by atoms with Crippen molar-refractivity contribution in [2.24, 2.45) is 0 Å². The Morgan fingerprint density at radius 3 is 2.76 bits per heavy atom. The maximum Gasteiger partial charge on any atom is 0.137 e. The molecule has 0 aliphatic heterocycles. The van der Waals surface area contributed by atoms with Gasteiger partial charge in [0.1, 0.15) is 5.75 Å². The van der Waals surface area contributed by atoms with Gasteiger partial charge in [-0.2, -0.15) is 5.26 Å². The maximum absolute atomic E-state index is 9.16. The number of methoxy groups -OCH3 is 1. The Balaban J connectivity index is 1.97. The summed E-state index contributed by atoms with van der Waals surface area (Å²) in [5.74, 6) is 0.964. The number of nitrogens with zero attached hydrogens (tertiary/aromatic N) is 2. The Hall–Kier alpha value is -2.48. The molecule has 3 rings (SSSR count). The van der Waals surface area contributed by atoms with E-state index < -0.39 is 0 Å². The highest BCUT2D eigenvalue weighted by Crippen LogP contribution is 2.30. The molecule has 0 fully saturated rings. The predicted octanol–water partition coefficient (Wildman–Crippen LogP) is 5.12. The Kier molecular flexibility index (Phi) is 5.28. The van der Waals surface area contributed by atoms with Crippen LogP contribution in [0, 0.1) is 11.3 Å². The maximum atomic E-state index is 9.16. The highest BCUT2D eigenvalue weighted by atomic mass is 35.5. The molecule has 0 spiro atoms. The number of hydrogen-bond acceptors (Lipinski definition) is 4. The molecule has 4 nitrogen and oxygen atoms in total. The van der Waals surface area contributed by atoms with Gasteiger partial charge in [-0.1, -0.05) is 17.7 Å². The van der Waals surface area contributed by atoms with Gasteiger partial charge in [-0.3, -0.25) is 4.98 Å². The van der Waals surface area contributed by atoms with Gasteiger partial charge in [0.25, 0.3) is 0 Å². The number of alkyl halides is 1. The van der Waals surface area contributed by atoms with E-state index in [-0.39, 0.29) is 0 Å². The molecule has 3 aromatic rings. The number of nitriles is 1. The second-order valence-electron chi connectivity index (χ2n) is 5.46. The van der Waals surface area contributed by atoms with Crippen LogP contribution < -0.4 is 10.1 Å². The van der Waals surface area contributed by atoms with Gasteiger partial charge in [0.15, 0.2) is 0 Å². The fraction of sp³-hybridized carbons (Fsp3) is 0.158. The predicted molar refractivity (Wildman–Crippen MR) is 101 cm³/mol. The molecule has 0 radical (unpaired) electrons. The van der Waals surface area contributed by atoms with Crippen molar-refractivity contribution < 1.29 is 4.74 Å². The third-order valence-electron chi connectivity index (χ3n) is 3.91. The molecule has 0 aliphatic carbocycles. The third kappa shape index (κ3) is 3.63. The second-order valence-corrected chi connectivity index (χ2v) is 6.13. The number of aromatic nitrogens is 1. The highest BCUT2D eigenvalue weighted by molar-refractivity contribution is 6.32. The lowest BCUT2D eigenvalue weighted by atomic mass is 10.1. The Morgan fingerprint density at radius 2 is 2.08 bits per heavy atom. The molecule has 0 unspecified atom stereocenters. The van der Waals surface area contributed by atoms with Crippen LogP contribution in [0.1, 0.15) is 16.7 Å². The van der Waals surface area contributed by atoms with E-state index in [0.717, 1.165) is 27.7 Å². The van der Waals surface area contributed by atoms with Crippen LogP contribution in [0.4, 0.5) is 5.69 Å². The number of anilines is 1. The summed E-state index contributed by atoms with van der Waals surface area (Å²) in [5.41, 5.74) is 4.15. The largest absolute Gasteiger partial charge is 0.495 e. The number of nitrogens with one attached hydrogen (secondary N) is 1. The van der Waals surface area contributed by atoms with E-state index in [9.17, 15) is 0 Å². The first-order valence-corrected chi connectivity index (χ1v) is 8.51. The van der Waals surface area contributed by atoms with Crippen molar-refractivity contribution in [3.63, 3.8) is 0 Å². The van der Waals surface area contributed by atoms with Gasteiger partial charge >= 0.3 is 0 Å². The highest BCUT2D eigenvalue weighted by Gasteiger charge is 2.10. The average Bonchev–Trinajstić information content (AvgIpc) is 2.65. The summed E-state index contributed by atoms with van der Waals surface area (Å²) in [6, 6.07) is 13.2. The molecule has 1 aromatic heterocycles. The molecule has 0 amide bonds. The van der Waals surface area contributed by atoms with Gasteiger partial charge in [0, 0.05) is 29.4 Å². The number of ether oxygens (including phenoxy) is 1. The van der Waals surface area contributed by atoms with Crippen LogP contribution in [0.5, 0.6) is 5.75 Å². The first kappa shape index (κ1) is 17.3. The van der Waals surface area contributed by atoms with Crippen molar-refractivity contribution in [3.8, 4) is 11.8 Å². The Morgan fingerprint density at radius 1 is 1.24 bits per heavy atom. The lowest BCUT2D eigenvalue weighted by molar-refractivity contribution is 0.415. The van der Waals surface area contributed by atoms with Crippen molar-refractivity contribution in [3.05, 3.63) is 64.3 Å². The van der Waals surface area contributed by atoms with Crippen molar-refractivity contribution in [1.82, 2.24) is 4.98 Å². The van der Waals surface area contributed by atoms with Crippen LogP contribution in [-0.2, 0) is 12.4 Å². The second kappa shape index (κ2) is 7.60. The molecular formula is C19H15Cl2N3O. The molecule has 6 heteroatoms. The van der Waals surface area contributed by atoms with Gasteiger partial charge in [0.05, 0.1) is 35.2 Å². The quantitative estimate of drug-likeness (QED) is 0.632. The zero-order chi connectivity index (χ0) is 17.8. The van der Waals surface area contributed by atoms with Crippen LogP contribution in [0.2, 0.25) is 5.02 Å². The molecule has 0 saturated carbocycles. The minimum absolute atomic E-state index is 0.325. The molecule has 0 bridgehead atoms. The molecule has 126 valence electrons. The molecule has 0 aliphatic rings. The number of halogens is 2. The van der Waals surface area contributed by atoms with Gasteiger partial charge in [-0.15, -0.1) is 11.6 Å². The summed E-state index contributed by atoms with van der Waals surface area (Å²) < 4.78 is 5.17. The van der Waals surface area contributed by atoms with Gasteiger partial charge in [-0.25, -0.2) is 0 Å². The van der Waals surface area contributed by atoms with Crippen LogP contribution in [0.25, 0.3) is 10.9 Å². The van der Waals surface area contributed by atoms with Gasteiger partial charge in [-0.05, 0) is 35.9 Å². The molecule has 0 atom stereocenters. The smallest absolute Gasteiger partial charge is 0.137 e. The number of hydrogen-bond donors (Lipinski definition) is 1. The summed E-state index contributed by atoms with van der Waals surface area (Å²) in [4.78, 5) is 4.41. The van der Waals surface area contributed by atoms with Gasteiger partial charge in [0.2, 0.25) is 0 Å². The van der Waals surface area contributed by atoms with E-state index in [0.29, 0.717) is 28.8 Å². The first-order valence-electron chi connectivity index (χ1n) is 7.60. The summed E-state index contributed by atoms with van der Waals surface area (Å²) >= 11 is 12.3. The van der Waals surface area contributed by atoms with Gasteiger partial charge < -0.3 is 10.1 Å². The SMILES string of the molecule is COc1ccc(CNc2c(CCl)cnc3ccc(C#N)cc23)cc1Cl. The molecule has 1 N–H and O–H groups in total. The van der Waals surface area contributed by atoms with Crippen LogP contribution >= 0.6 is 23.2 Å². The van der Waals surface area contributed by atoms with Crippen molar-refractivity contribution >= 4 is 39.8 Å². The zero-order valence-corrected chi connectivity index (χ0v) is 15.0. The van der Waals surface area contributed by atoms with Crippen molar-refractivity contribution in [2.45, 2.75) is 12.4 Å². The lowest BCUT2D eigenvalue weighted by Crippen LogP contribution is -2.04. The molecular weight excluding hydrogens is 357 g/mol. The summed E-state index contributed by atoms with van der Waals surface area (Å²) in [6.07, 6.45) is 1.75. The minimum atomic E-state index is 0.325.